The first kappa shape index (κ1) is 8.64. The molecule has 0 radical (unpaired) electrons. The summed E-state index contributed by atoms with van der Waals surface area (Å²) < 4.78 is 3.67. The normalized spacial score (nSPS) is 11.4. The first-order valence-corrected chi connectivity index (χ1v) is 4.05. The maximum Gasteiger partial charge on any atom is 0.174 e. The van der Waals surface area contributed by atoms with E-state index in [1.165, 1.54) is 11.8 Å². The lowest BCUT2D eigenvalue weighted by atomic mass is 11.4. The average molecular weight is 164 g/mol. The number of nitrogens with two attached hydrogens (primary N) is 2. The largest absolute Gasteiger partial charge is 0.378 e. The maximum absolute atomic E-state index is 6.73. The van der Waals surface area contributed by atoms with Gasteiger partial charge in [0.15, 0.2) is 10.3 Å². The number of amidine groups is 2. The molecule has 9 heavy (non-hydrogen) atoms. The molecule has 0 bridgehead atoms. The number of nitrogens with one attached hydrogen (secondary N) is 1. The number of hydrogen-bond acceptors (Lipinski definition) is 4. The third-order valence-corrected chi connectivity index (χ3v) is 1.55. The van der Waals surface area contributed by atoms with E-state index in [0.29, 0.717) is 5.17 Å². The number of thioether (sulfide) groups is 1. The molecule has 52 valence electrons. The van der Waals surface area contributed by atoms with Crippen LogP contribution in [0, 0.1) is 5.41 Å². The van der Waals surface area contributed by atoms with Gasteiger partial charge >= 0.3 is 0 Å². The molecule has 0 spiro atoms. The Hall–Kier alpha value is -0.360. The van der Waals surface area contributed by atoms with Gasteiger partial charge in [-0.2, -0.15) is 4.40 Å². The SMILES string of the molecule is CS/C(N)=N/SC(=N)N. The fourth-order valence-corrected chi connectivity index (χ4v) is 0.730. The van der Waals surface area contributed by atoms with Gasteiger partial charge in [0.1, 0.15) is 0 Å². The van der Waals surface area contributed by atoms with E-state index < -0.39 is 0 Å². The molecule has 0 aromatic carbocycles. The summed E-state index contributed by atoms with van der Waals surface area (Å²) in [6.07, 6.45) is 1.81. The smallest absolute Gasteiger partial charge is 0.174 e. The number of rotatable bonds is 1. The summed E-state index contributed by atoms with van der Waals surface area (Å²) in [6.45, 7) is 0. The minimum atomic E-state index is -0.0491. The fourth-order valence-electron chi connectivity index (χ4n) is 0.131. The van der Waals surface area contributed by atoms with Crippen molar-refractivity contribution in [2.45, 2.75) is 0 Å². The van der Waals surface area contributed by atoms with Gasteiger partial charge in [0, 0.05) is 0 Å². The van der Waals surface area contributed by atoms with Crippen molar-refractivity contribution in [3.05, 3.63) is 0 Å². The van der Waals surface area contributed by atoms with Crippen molar-refractivity contribution in [2.24, 2.45) is 15.9 Å². The van der Waals surface area contributed by atoms with Crippen LogP contribution in [-0.2, 0) is 0 Å². The van der Waals surface area contributed by atoms with Gasteiger partial charge in [-0.05, 0) is 6.26 Å². The first-order chi connectivity index (χ1) is 4.16. The van der Waals surface area contributed by atoms with E-state index in [2.05, 4.69) is 4.40 Å². The lowest BCUT2D eigenvalue weighted by Gasteiger charge is -1.90. The fraction of sp³-hybridized carbons (Fsp3) is 0.333. The third kappa shape index (κ3) is 5.51. The topological polar surface area (TPSA) is 88.2 Å². The highest BCUT2D eigenvalue weighted by molar-refractivity contribution is 8.16. The minimum Gasteiger partial charge on any atom is -0.378 e. The van der Waals surface area contributed by atoms with E-state index in [-0.39, 0.29) is 5.17 Å². The molecule has 0 heterocycles. The zero-order valence-corrected chi connectivity index (χ0v) is 6.55. The Morgan fingerprint density at radius 1 is 1.56 bits per heavy atom. The van der Waals surface area contributed by atoms with Gasteiger partial charge in [-0.15, -0.1) is 0 Å². The van der Waals surface area contributed by atoms with Crippen LogP contribution in [0.4, 0.5) is 0 Å². The summed E-state index contributed by atoms with van der Waals surface area (Å²) in [4.78, 5) is 0. The van der Waals surface area contributed by atoms with Crippen LogP contribution >= 0.6 is 23.7 Å². The van der Waals surface area contributed by atoms with Gasteiger partial charge in [0.2, 0.25) is 0 Å². The van der Waals surface area contributed by atoms with Gasteiger partial charge in [0.05, 0.1) is 11.9 Å². The van der Waals surface area contributed by atoms with Gasteiger partial charge in [-0.1, -0.05) is 11.8 Å². The first-order valence-electron chi connectivity index (χ1n) is 2.05. The summed E-state index contributed by atoms with van der Waals surface area (Å²) in [6, 6.07) is 0. The minimum absolute atomic E-state index is 0.0491. The predicted octanol–water partition coefficient (Wildman–Crippen LogP) is 0.206. The number of hydrogen-bond donors (Lipinski definition) is 3. The highest BCUT2D eigenvalue weighted by Crippen LogP contribution is 2.02. The van der Waals surface area contributed by atoms with Gasteiger partial charge in [0.25, 0.3) is 0 Å². The van der Waals surface area contributed by atoms with Gasteiger partial charge in [-0.3, -0.25) is 5.41 Å². The highest BCUT2D eigenvalue weighted by atomic mass is 32.2. The van der Waals surface area contributed by atoms with Crippen molar-refractivity contribution in [3.63, 3.8) is 0 Å². The Labute approximate surface area is 62.1 Å². The van der Waals surface area contributed by atoms with Crippen LogP contribution in [0.2, 0.25) is 0 Å². The van der Waals surface area contributed by atoms with Gasteiger partial charge in [-0.25, -0.2) is 0 Å². The van der Waals surface area contributed by atoms with Crippen molar-refractivity contribution in [2.75, 3.05) is 6.26 Å². The van der Waals surface area contributed by atoms with E-state index >= 15 is 0 Å². The van der Waals surface area contributed by atoms with Crippen LogP contribution in [0.15, 0.2) is 4.40 Å². The molecule has 5 N–H and O–H groups in total. The molecule has 0 amide bonds. The summed E-state index contributed by atoms with van der Waals surface area (Å²) in [5.41, 5.74) is 10.2. The lowest BCUT2D eigenvalue weighted by molar-refractivity contribution is 1.50. The van der Waals surface area contributed by atoms with E-state index in [1.54, 1.807) is 6.26 Å². The Bertz CT molecular complexity index is 132. The maximum atomic E-state index is 6.73. The Balaban J connectivity index is 3.56. The summed E-state index contributed by atoms with van der Waals surface area (Å²) >= 11 is 2.19. The second kappa shape index (κ2) is 4.51. The van der Waals surface area contributed by atoms with Crippen molar-refractivity contribution in [1.29, 1.82) is 5.41 Å². The molecule has 0 rings (SSSR count). The molecule has 0 fully saturated rings. The number of nitrogens with zero attached hydrogens (tertiary/aromatic N) is 1. The monoisotopic (exact) mass is 164 g/mol. The second-order valence-corrected chi connectivity index (χ2v) is 2.72. The molecule has 0 aromatic heterocycles. The molecule has 4 nitrogen and oxygen atoms in total. The quantitative estimate of drug-likeness (QED) is 0.293. The second-order valence-electron chi connectivity index (χ2n) is 1.09. The molecule has 0 saturated heterocycles. The van der Waals surface area contributed by atoms with E-state index in [9.17, 15) is 0 Å². The molecule has 0 saturated carbocycles. The molecule has 6 heteroatoms. The molecule has 0 aliphatic rings. The Morgan fingerprint density at radius 3 is 2.44 bits per heavy atom. The van der Waals surface area contributed by atoms with Crippen LogP contribution in [0.25, 0.3) is 0 Å². The van der Waals surface area contributed by atoms with Crippen molar-refractivity contribution in [3.8, 4) is 0 Å². The van der Waals surface area contributed by atoms with E-state index in [0.717, 1.165) is 11.9 Å². The lowest BCUT2D eigenvalue weighted by Crippen LogP contribution is -2.07. The van der Waals surface area contributed by atoms with Crippen molar-refractivity contribution in [1.82, 2.24) is 0 Å². The van der Waals surface area contributed by atoms with E-state index in [4.69, 9.17) is 16.9 Å². The standard InChI is InChI=1S/C3H8N4S2/c1-8-3(6)7-9-2(4)5/h1H3,(H3,4,5)(H2,6,7). The zero-order valence-electron chi connectivity index (χ0n) is 4.92. The van der Waals surface area contributed by atoms with Crippen molar-refractivity contribution < 1.29 is 0 Å². The van der Waals surface area contributed by atoms with E-state index in [1.807, 2.05) is 0 Å². The van der Waals surface area contributed by atoms with Crippen LogP contribution < -0.4 is 11.5 Å². The molecule has 0 aromatic rings. The summed E-state index contributed by atoms with van der Waals surface area (Å²) in [5, 5.41) is 7.11. The van der Waals surface area contributed by atoms with Crippen LogP contribution in [0.5, 0.6) is 0 Å². The summed E-state index contributed by atoms with van der Waals surface area (Å²) in [7, 11) is 0. The Kier molecular flexibility index (Phi) is 4.33. The predicted molar refractivity (Wildman–Crippen MR) is 44.6 cm³/mol. The molecular weight excluding hydrogens is 156 g/mol. The molecule has 0 aliphatic carbocycles. The molecular formula is C3H8N4S2. The summed E-state index contributed by atoms with van der Waals surface area (Å²) in [5.74, 6) is 0. The zero-order chi connectivity index (χ0) is 7.28. The average Bonchev–Trinajstić information content (AvgIpc) is 1.83. The third-order valence-electron chi connectivity index (χ3n) is 0.443. The van der Waals surface area contributed by atoms with Gasteiger partial charge < -0.3 is 11.5 Å². The molecule has 0 aliphatic heterocycles. The molecule has 0 unspecified atom stereocenters. The Morgan fingerprint density at radius 2 is 2.11 bits per heavy atom. The highest BCUT2D eigenvalue weighted by Gasteiger charge is 1.88. The van der Waals surface area contributed by atoms with Crippen LogP contribution in [-0.4, -0.2) is 16.6 Å². The van der Waals surface area contributed by atoms with Crippen molar-refractivity contribution >= 4 is 34.0 Å². The molecule has 0 atom stereocenters. The van der Waals surface area contributed by atoms with Crippen LogP contribution in [0.1, 0.15) is 0 Å². The van der Waals surface area contributed by atoms with Crippen LogP contribution in [0.3, 0.4) is 0 Å².